The van der Waals surface area contributed by atoms with Crippen molar-refractivity contribution < 1.29 is 5.11 Å². The van der Waals surface area contributed by atoms with Crippen molar-refractivity contribution in [3.63, 3.8) is 0 Å². The van der Waals surface area contributed by atoms with E-state index in [9.17, 15) is 0 Å². The van der Waals surface area contributed by atoms with Gasteiger partial charge in [-0.3, -0.25) is 0 Å². The number of hydrogen-bond acceptors (Lipinski definition) is 3. The van der Waals surface area contributed by atoms with Crippen molar-refractivity contribution in [2.45, 2.75) is 26.3 Å². The number of halogens is 2. The molecule has 0 radical (unpaired) electrons. The Balaban J connectivity index is 2.77. The van der Waals surface area contributed by atoms with Gasteiger partial charge >= 0.3 is 0 Å². The SMILES string of the molecule is CC(C)C(CCO)Nc1ncc(Br)cc1Cl. The van der Waals surface area contributed by atoms with Gasteiger partial charge in [0, 0.05) is 23.3 Å². The highest BCUT2D eigenvalue weighted by Crippen LogP contribution is 2.24. The topological polar surface area (TPSA) is 45.1 Å². The Morgan fingerprint density at radius 3 is 2.75 bits per heavy atom. The van der Waals surface area contributed by atoms with Crippen molar-refractivity contribution in [1.82, 2.24) is 4.98 Å². The van der Waals surface area contributed by atoms with E-state index < -0.39 is 0 Å². The Labute approximate surface area is 109 Å². The molecule has 0 saturated heterocycles. The van der Waals surface area contributed by atoms with Gasteiger partial charge in [0.05, 0.1) is 5.02 Å². The number of anilines is 1. The molecule has 1 atom stereocenters. The third kappa shape index (κ3) is 3.92. The Morgan fingerprint density at radius 1 is 1.56 bits per heavy atom. The molecule has 0 spiro atoms. The van der Waals surface area contributed by atoms with Gasteiger partial charge in [-0.05, 0) is 34.3 Å². The number of nitrogens with one attached hydrogen (secondary N) is 1. The van der Waals surface area contributed by atoms with Gasteiger partial charge < -0.3 is 10.4 Å². The molecular weight excluding hydrogens is 291 g/mol. The molecule has 3 nitrogen and oxygen atoms in total. The Bertz CT molecular complexity index is 347. The second kappa shape index (κ2) is 6.42. The van der Waals surface area contributed by atoms with Crippen LogP contribution in [0.15, 0.2) is 16.7 Å². The molecule has 0 amide bonds. The largest absolute Gasteiger partial charge is 0.396 e. The van der Waals surface area contributed by atoms with E-state index in [2.05, 4.69) is 40.1 Å². The van der Waals surface area contributed by atoms with Gasteiger partial charge in [0.2, 0.25) is 0 Å². The highest BCUT2D eigenvalue weighted by Gasteiger charge is 2.14. The first kappa shape index (κ1) is 13.7. The maximum atomic E-state index is 8.98. The Hall–Kier alpha value is -0.320. The summed E-state index contributed by atoms with van der Waals surface area (Å²) < 4.78 is 0.853. The van der Waals surface area contributed by atoms with Gasteiger partial charge in [0.15, 0.2) is 0 Å². The minimum absolute atomic E-state index is 0.157. The van der Waals surface area contributed by atoms with E-state index in [0.29, 0.717) is 23.2 Å². The van der Waals surface area contributed by atoms with Gasteiger partial charge in [-0.2, -0.15) is 0 Å². The van der Waals surface area contributed by atoms with Crippen LogP contribution in [0.3, 0.4) is 0 Å². The number of aromatic nitrogens is 1. The molecule has 16 heavy (non-hydrogen) atoms. The highest BCUT2D eigenvalue weighted by atomic mass is 79.9. The summed E-state index contributed by atoms with van der Waals surface area (Å²) >= 11 is 9.37. The standard InChI is InChI=1S/C11H16BrClN2O/c1-7(2)10(3-4-16)15-11-9(13)5-8(12)6-14-11/h5-7,10,16H,3-4H2,1-2H3,(H,14,15). The average molecular weight is 308 g/mol. The molecule has 1 aromatic rings. The summed E-state index contributed by atoms with van der Waals surface area (Å²) in [5, 5.41) is 12.8. The molecule has 1 aromatic heterocycles. The van der Waals surface area contributed by atoms with Crippen molar-refractivity contribution in [2.75, 3.05) is 11.9 Å². The summed E-state index contributed by atoms with van der Waals surface area (Å²) in [4.78, 5) is 4.21. The number of nitrogens with zero attached hydrogens (tertiary/aromatic N) is 1. The van der Waals surface area contributed by atoms with Crippen LogP contribution in [0.4, 0.5) is 5.82 Å². The summed E-state index contributed by atoms with van der Waals surface area (Å²) in [6, 6.07) is 1.98. The van der Waals surface area contributed by atoms with Crippen LogP contribution in [-0.2, 0) is 0 Å². The van der Waals surface area contributed by atoms with Crippen LogP contribution in [0.5, 0.6) is 0 Å². The number of aliphatic hydroxyl groups excluding tert-OH is 1. The predicted octanol–water partition coefficient (Wildman–Crippen LogP) is 3.32. The molecule has 90 valence electrons. The maximum absolute atomic E-state index is 8.98. The maximum Gasteiger partial charge on any atom is 0.145 e. The van der Waals surface area contributed by atoms with Crippen molar-refractivity contribution in [2.24, 2.45) is 5.92 Å². The fourth-order valence-electron chi connectivity index (χ4n) is 1.41. The zero-order valence-electron chi connectivity index (χ0n) is 9.37. The summed E-state index contributed by atoms with van der Waals surface area (Å²) in [5.74, 6) is 1.07. The zero-order valence-corrected chi connectivity index (χ0v) is 11.7. The lowest BCUT2D eigenvalue weighted by Gasteiger charge is -2.22. The molecule has 0 aromatic carbocycles. The van der Waals surface area contributed by atoms with E-state index in [1.807, 2.05) is 0 Å². The quantitative estimate of drug-likeness (QED) is 0.877. The molecule has 5 heteroatoms. The zero-order chi connectivity index (χ0) is 12.1. The van der Waals surface area contributed by atoms with Gasteiger partial charge in [-0.1, -0.05) is 25.4 Å². The average Bonchev–Trinajstić information content (AvgIpc) is 2.20. The van der Waals surface area contributed by atoms with Crippen molar-refractivity contribution >= 4 is 33.3 Å². The Morgan fingerprint density at radius 2 is 2.25 bits per heavy atom. The van der Waals surface area contributed by atoms with Gasteiger partial charge in [-0.25, -0.2) is 4.98 Å². The second-order valence-electron chi connectivity index (χ2n) is 3.99. The molecule has 0 aliphatic carbocycles. The predicted molar refractivity (Wildman–Crippen MR) is 70.9 cm³/mol. The van der Waals surface area contributed by atoms with Gasteiger partial charge in [0.1, 0.15) is 5.82 Å². The molecule has 0 fully saturated rings. The lowest BCUT2D eigenvalue weighted by molar-refractivity contribution is 0.267. The molecule has 0 aliphatic heterocycles. The van der Waals surface area contributed by atoms with E-state index in [-0.39, 0.29) is 12.6 Å². The number of aliphatic hydroxyl groups is 1. The minimum atomic E-state index is 0.157. The minimum Gasteiger partial charge on any atom is -0.396 e. The van der Waals surface area contributed by atoms with E-state index in [1.165, 1.54) is 0 Å². The summed E-state index contributed by atoms with van der Waals surface area (Å²) in [6.07, 6.45) is 2.39. The lowest BCUT2D eigenvalue weighted by Crippen LogP contribution is -2.27. The van der Waals surface area contributed by atoms with Gasteiger partial charge in [0.25, 0.3) is 0 Å². The van der Waals surface area contributed by atoms with Crippen molar-refractivity contribution in [1.29, 1.82) is 0 Å². The van der Waals surface area contributed by atoms with Crippen LogP contribution in [0.2, 0.25) is 5.02 Å². The highest BCUT2D eigenvalue weighted by molar-refractivity contribution is 9.10. The van der Waals surface area contributed by atoms with E-state index in [1.54, 1.807) is 12.3 Å². The van der Waals surface area contributed by atoms with Gasteiger partial charge in [-0.15, -0.1) is 0 Å². The summed E-state index contributed by atoms with van der Waals surface area (Å²) in [5.41, 5.74) is 0. The van der Waals surface area contributed by atoms with E-state index >= 15 is 0 Å². The fraction of sp³-hybridized carbons (Fsp3) is 0.545. The smallest absolute Gasteiger partial charge is 0.145 e. The number of hydrogen-bond donors (Lipinski definition) is 2. The first-order valence-electron chi connectivity index (χ1n) is 5.23. The van der Waals surface area contributed by atoms with Crippen molar-refractivity contribution in [3.8, 4) is 0 Å². The molecule has 1 unspecified atom stereocenters. The van der Waals surface area contributed by atoms with E-state index in [0.717, 1.165) is 4.47 Å². The summed E-state index contributed by atoms with van der Waals surface area (Å²) in [7, 11) is 0. The third-order valence-corrected chi connectivity index (χ3v) is 3.10. The summed E-state index contributed by atoms with van der Waals surface area (Å²) in [6.45, 7) is 4.35. The molecule has 0 aliphatic rings. The first-order chi connectivity index (χ1) is 7.54. The fourth-order valence-corrected chi connectivity index (χ4v) is 2.09. The molecule has 1 rings (SSSR count). The molecule has 0 saturated carbocycles. The van der Waals surface area contributed by atoms with Crippen LogP contribution in [0.1, 0.15) is 20.3 Å². The van der Waals surface area contributed by atoms with Crippen molar-refractivity contribution in [3.05, 3.63) is 21.8 Å². The van der Waals surface area contributed by atoms with Crippen LogP contribution in [-0.4, -0.2) is 22.7 Å². The van der Waals surface area contributed by atoms with Crippen LogP contribution in [0, 0.1) is 5.92 Å². The number of rotatable bonds is 5. The molecule has 2 N–H and O–H groups in total. The molecular formula is C11H16BrClN2O. The van der Waals surface area contributed by atoms with Crippen LogP contribution < -0.4 is 5.32 Å². The third-order valence-electron chi connectivity index (χ3n) is 2.37. The molecule has 0 bridgehead atoms. The van der Waals surface area contributed by atoms with Crippen LogP contribution in [0.25, 0.3) is 0 Å². The van der Waals surface area contributed by atoms with E-state index in [4.69, 9.17) is 16.7 Å². The lowest BCUT2D eigenvalue weighted by atomic mass is 10.0. The number of pyridine rings is 1. The monoisotopic (exact) mass is 306 g/mol. The Kier molecular flexibility index (Phi) is 5.52. The molecule has 1 heterocycles. The normalized spacial score (nSPS) is 12.9. The first-order valence-corrected chi connectivity index (χ1v) is 6.40. The second-order valence-corrected chi connectivity index (χ2v) is 5.31. The van der Waals surface area contributed by atoms with Crippen LogP contribution >= 0.6 is 27.5 Å².